The van der Waals surface area contributed by atoms with Crippen molar-refractivity contribution in [1.82, 2.24) is 9.13 Å². The highest BCUT2D eigenvalue weighted by Gasteiger charge is 2.43. The van der Waals surface area contributed by atoms with E-state index in [1.54, 1.807) is 0 Å². The lowest BCUT2D eigenvalue weighted by Gasteiger charge is -2.34. The van der Waals surface area contributed by atoms with Crippen molar-refractivity contribution < 1.29 is 0 Å². The third-order valence-electron chi connectivity index (χ3n) is 16.0. The first-order valence-electron chi connectivity index (χ1n) is 26.3. The van der Waals surface area contributed by atoms with E-state index in [4.69, 9.17) is 0 Å². The molecule has 0 N–H and O–H groups in total. The molecule has 0 spiro atoms. The number of fused-ring (bicyclic) bond motifs is 7. The third kappa shape index (κ3) is 7.14. The number of hydrogen-bond donors (Lipinski definition) is 0. The Kier molecular flexibility index (Phi) is 11.2. The average Bonchev–Trinajstić information content (AvgIpc) is 4.18. The average molecular weight is 1000 g/mol. The molecule has 14 aromatic rings. The van der Waals surface area contributed by atoms with Gasteiger partial charge in [-0.15, -0.1) is 0 Å². The van der Waals surface area contributed by atoms with Gasteiger partial charge in [0.2, 0.25) is 0 Å². The molecule has 0 amide bonds. The van der Waals surface area contributed by atoms with Crippen LogP contribution in [0.1, 0.15) is 0 Å². The van der Waals surface area contributed by atoms with Crippen LogP contribution in [0.4, 0.5) is 0 Å². The quantitative estimate of drug-likeness (QED) is 0.0903. The van der Waals surface area contributed by atoms with Crippen molar-refractivity contribution >= 4 is 101 Å². The van der Waals surface area contributed by atoms with E-state index >= 15 is 0 Å². The van der Waals surface area contributed by atoms with Crippen molar-refractivity contribution in [1.29, 1.82) is 0 Å². The van der Waals surface area contributed by atoms with Crippen LogP contribution in [0.25, 0.3) is 66.1 Å². The summed E-state index contributed by atoms with van der Waals surface area (Å²) in [5.74, 6) is 0. The standard InChI is InChI=1S/C72H52N2Si2/c1-8-27-55(28-9-1)74-69-48-46-54(53-26-24-42-63(50-53)75(57-30-10-2-11-31-57,58-32-12-3-13-33-58)59-34-14-4-15-35-59)51-67(69)65-47-49-70-71(72(65)74)66-44-22-23-45-68(66)73(70)56-29-25-43-64(52-56)76(60-36-16-5-17-37-60,61-38-18-6-19-39-61)62-40-20-7-21-41-62/h1-52H. The Bertz CT molecular complexity index is 4170. The minimum Gasteiger partial charge on any atom is -0.309 e. The fraction of sp³-hybridized carbons (Fsp3) is 0. The Morgan fingerprint density at radius 1 is 0.211 bits per heavy atom. The molecule has 4 heteroatoms. The minimum absolute atomic E-state index is 1.14. The number of para-hydroxylation sites is 2. The lowest BCUT2D eigenvalue weighted by molar-refractivity contribution is 1.18. The molecule has 76 heavy (non-hydrogen) atoms. The van der Waals surface area contributed by atoms with Crippen molar-refractivity contribution in [2.24, 2.45) is 0 Å². The van der Waals surface area contributed by atoms with Gasteiger partial charge in [0, 0.05) is 32.9 Å². The van der Waals surface area contributed by atoms with E-state index in [-0.39, 0.29) is 0 Å². The summed E-state index contributed by atoms with van der Waals surface area (Å²) in [5.41, 5.74) is 9.43. The molecule has 0 aliphatic rings. The molecule has 0 atom stereocenters. The summed E-state index contributed by atoms with van der Waals surface area (Å²) in [7, 11) is -5.57. The van der Waals surface area contributed by atoms with Crippen LogP contribution in [0.3, 0.4) is 0 Å². The monoisotopic (exact) mass is 1000 g/mol. The molecule has 2 nitrogen and oxygen atoms in total. The maximum absolute atomic E-state index is 2.81. The number of aromatic nitrogens is 2. The first kappa shape index (κ1) is 45.3. The Labute approximate surface area is 445 Å². The van der Waals surface area contributed by atoms with E-state index in [1.165, 1.54) is 96.2 Å². The van der Waals surface area contributed by atoms with E-state index in [2.05, 4.69) is 325 Å². The van der Waals surface area contributed by atoms with E-state index < -0.39 is 16.1 Å². The third-order valence-corrected chi connectivity index (χ3v) is 25.5. The van der Waals surface area contributed by atoms with Crippen molar-refractivity contribution in [2.75, 3.05) is 0 Å². The van der Waals surface area contributed by atoms with Crippen molar-refractivity contribution in [3.05, 3.63) is 315 Å². The highest BCUT2D eigenvalue weighted by atomic mass is 28.3. The predicted molar refractivity (Wildman–Crippen MR) is 328 cm³/mol. The Morgan fingerprint density at radius 2 is 0.592 bits per heavy atom. The second-order valence-electron chi connectivity index (χ2n) is 19.9. The van der Waals surface area contributed by atoms with Crippen LogP contribution in [-0.2, 0) is 0 Å². The van der Waals surface area contributed by atoms with Crippen LogP contribution in [0.2, 0.25) is 0 Å². The number of benzene rings is 12. The van der Waals surface area contributed by atoms with Crippen molar-refractivity contribution in [2.45, 2.75) is 0 Å². The van der Waals surface area contributed by atoms with E-state index in [0.29, 0.717) is 0 Å². The van der Waals surface area contributed by atoms with Gasteiger partial charge in [-0.25, -0.2) is 0 Å². The Morgan fingerprint density at radius 3 is 1.11 bits per heavy atom. The van der Waals surface area contributed by atoms with Crippen LogP contribution >= 0.6 is 0 Å². The summed E-state index contributed by atoms with van der Waals surface area (Å²) in [6.45, 7) is 0. The highest BCUT2D eigenvalue weighted by molar-refractivity contribution is 7.20. The van der Waals surface area contributed by atoms with Gasteiger partial charge in [0.15, 0.2) is 16.1 Å². The summed E-state index contributed by atoms with van der Waals surface area (Å²) in [5, 5.41) is 15.8. The van der Waals surface area contributed by atoms with E-state index in [9.17, 15) is 0 Å². The lowest BCUT2D eigenvalue weighted by Crippen LogP contribution is -2.74. The first-order valence-corrected chi connectivity index (χ1v) is 30.3. The topological polar surface area (TPSA) is 9.86 Å². The molecule has 0 aliphatic carbocycles. The molecular weight excluding hydrogens is 949 g/mol. The molecule has 2 aromatic heterocycles. The minimum atomic E-state index is -2.81. The van der Waals surface area contributed by atoms with Gasteiger partial charge >= 0.3 is 0 Å². The van der Waals surface area contributed by atoms with Crippen molar-refractivity contribution in [3.8, 4) is 22.5 Å². The normalized spacial score (nSPS) is 11.9. The van der Waals surface area contributed by atoms with Gasteiger partial charge in [0.05, 0.1) is 22.1 Å². The molecule has 2 heterocycles. The summed E-state index contributed by atoms with van der Waals surface area (Å²) in [4.78, 5) is 0. The van der Waals surface area contributed by atoms with E-state index in [0.717, 1.165) is 11.4 Å². The van der Waals surface area contributed by atoms with Gasteiger partial charge in [0.25, 0.3) is 0 Å². The fourth-order valence-electron chi connectivity index (χ4n) is 12.8. The molecular formula is C72H52N2Si2. The molecule has 0 unspecified atom stereocenters. The molecule has 0 aliphatic heterocycles. The van der Waals surface area contributed by atoms with Crippen LogP contribution in [0.5, 0.6) is 0 Å². The largest absolute Gasteiger partial charge is 0.309 e. The molecule has 0 saturated carbocycles. The summed E-state index contributed by atoms with van der Waals surface area (Å²) in [6.07, 6.45) is 0. The molecule has 0 fully saturated rings. The maximum atomic E-state index is 2.51. The SMILES string of the molecule is c1ccc(-n2c3ccc(-c4cccc([Si](c5ccccc5)(c5ccccc5)c5ccccc5)c4)cc3c3ccc4c(c5ccccc5n4-c4cccc([Si](c5ccccc5)(c5ccccc5)c5ccccc5)c4)c32)cc1. The summed E-state index contributed by atoms with van der Waals surface area (Å²) >= 11 is 0. The van der Waals surface area contributed by atoms with Gasteiger partial charge in [-0.2, -0.15) is 0 Å². The van der Waals surface area contributed by atoms with Gasteiger partial charge in [-0.05, 0) is 101 Å². The summed E-state index contributed by atoms with van der Waals surface area (Å²) in [6, 6.07) is 118. The highest BCUT2D eigenvalue weighted by Crippen LogP contribution is 2.43. The molecule has 358 valence electrons. The van der Waals surface area contributed by atoms with E-state index in [1.807, 2.05) is 0 Å². The first-order chi connectivity index (χ1) is 37.7. The van der Waals surface area contributed by atoms with Crippen LogP contribution in [-0.4, -0.2) is 25.3 Å². The molecule has 0 bridgehead atoms. The number of rotatable bonds is 11. The predicted octanol–water partition coefficient (Wildman–Crippen LogP) is 12.3. The molecule has 0 saturated heterocycles. The Hall–Kier alpha value is -9.33. The zero-order chi connectivity index (χ0) is 50.5. The van der Waals surface area contributed by atoms with Gasteiger partial charge in [-0.1, -0.05) is 267 Å². The second kappa shape index (κ2) is 18.9. The lowest BCUT2D eigenvalue weighted by atomic mass is 10.0. The second-order valence-corrected chi connectivity index (χ2v) is 27.6. The van der Waals surface area contributed by atoms with Gasteiger partial charge in [-0.3, -0.25) is 0 Å². The van der Waals surface area contributed by atoms with Gasteiger partial charge in [0.1, 0.15) is 0 Å². The van der Waals surface area contributed by atoms with Crippen LogP contribution < -0.4 is 41.5 Å². The zero-order valence-corrected chi connectivity index (χ0v) is 43.9. The number of nitrogens with zero attached hydrogens (tertiary/aromatic N) is 2. The molecule has 12 aromatic carbocycles. The molecule has 14 rings (SSSR count). The Balaban J connectivity index is 1.000. The van der Waals surface area contributed by atoms with Gasteiger partial charge < -0.3 is 9.13 Å². The van der Waals surface area contributed by atoms with Crippen LogP contribution in [0.15, 0.2) is 315 Å². The fourth-order valence-corrected chi connectivity index (χ4v) is 22.4. The maximum Gasteiger partial charge on any atom is 0.179 e. The summed E-state index contributed by atoms with van der Waals surface area (Å²) < 4.78 is 5.02. The smallest absolute Gasteiger partial charge is 0.179 e. The van der Waals surface area contributed by atoms with Crippen molar-refractivity contribution in [3.63, 3.8) is 0 Å². The molecule has 0 radical (unpaired) electrons. The van der Waals surface area contributed by atoms with Crippen LogP contribution in [0, 0.1) is 0 Å². The zero-order valence-electron chi connectivity index (χ0n) is 41.9. The number of hydrogen-bond acceptors (Lipinski definition) is 0.